The molecule has 116 valence electrons. The number of fused-ring (bicyclic) bond motifs is 1. The molecule has 1 fully saturated rings. The Balaban J connectivity index is 1.82. The van der Waals surface area contributed by atoms with Gasteiger partial charge in [-0.15, -0.1) is 0 Å². The first kappa shape index (κ1) is 15.1. The van der Waals surface area contributed by atoms with Crippen molar-refractivity contribution in [2.75, 3.05) is 6.61 Å². The number of rotatable bonds is 3. The summed E-state index contributed by atoms with van der Waals surface area (Å²) >= 11 is 0. The topological polar surface area (TPSA) is 29.5 Å². The standard InChI is InChI=1S/C19H28O2/c1-14(2)17-9-5-6-11-19(17,20)13-18-16-8-4-3-7-15(16)10-12-21-18/h3-4,7-8,14,17-18,20H,5-6,9-13H2,1-2H3. The third-order valence-electron chi connectivity index (χ3n) is 5.50. The molecule has 3 atom stereocenters. The van der Waals surface area contributed by atoms with Gasteiger partial charge in [-0.2, -0.15) is 0 Å². The lowest BCUT2D eigenvalue weighted by molar-refractivity contribution is -0.109. The van der Waals surface area contributed by atoms with Crippen LogP contribution in [0.1, 0.15) is 63.2 Å². The van der Waals surface area contributed by atoms with Crippen LogP contribution in [0.4, 0.5) is 0 Å². The van der Waals surface area contributed by atoms with Gasteiger partial charge in [0.05, 0.1) is 18.3 Å². The van der Waals surface area contributed by atoms with Gasteiger partial charge in [0.15, 0.2) is 0 Å². The van der Waals surface area contributed by atoms with E-state index in [9.17, 15) is 5.11 Å². The van der Waals surface area contributed by atoms with Crippen molar-refractivity contribution in [2.45, 2.75) is 64.1 Å². The third kappa shape index (κ3) is 3.02. The highest BCUT2D eigenvalue weighted by atomic mass is 16.5. The Morgan fingerprint density at radius 2 is 2.10 bits per heavy atom. The second kappa shape index (κ2) is 6.10. The van der Waals surface area contributed by atoms with E-state index >= 15 is 0 Å². The average molecular weight is 288 g/mol. The van der Waals surface area contributed by atoms with Gasteiger partial charge >= 0.3 is 0 Å². The summed E-state index contributed by atoms with van der Waals surface area (Å²) in [6.07, 6.45) is 6.31. The molecule has 0 spiro atoms. The summed E-state index contributed by atoms with van der Waals surface area (Å²) in [5, 5.41) is 11.3. The van der Waals surface area contributed by atoms with Crippen molar-refractivity contribution in [1.82, 2.24) is 0 Å². The van der Waals surface area contributed by atoms with E-state index in [-0.39, 0.29) is 6.10 Å². The second-order valence-corrected chi connectivity index (χ2v) is 7.21. The van der Waals surface area contributed by atoms with Gasteiger partial charge in [0, 0.05) is 6.42 Å². The minimum atomic E-state index is -0.554. The summed E-state index contributed by atoms with van der Waals surface area (Å²) in [5.41, 5.74) is 2.14. The Labute approximate surface area is 128 Å². The lowest BCUT2D eigenvalue weighted by Gasteiger charge is -2.44. The molecule has 1 aliphatic carbocycles. The minimum Gasteiger partial charge on any atom is -0.389 e. The van der Waals surface area contributed by atoms with Crippen LogP contribution in [0.5, 0.6) is 0 Å². The normalized spacial score (nSPS) is 33.0. The van der Waals surface area contributed by atoms with Crippen molar-refractivity contribution in [2.24, 2.45) is 11.8 Å². The average Bonchev–Trinajstić information content (AvgIpc) is 2.47. The molecule has 0 amide bonds. The molecule has 3 rings (SSSR count). The van der Waals surface area contributed by atoms with Crippen molar-refractivity contribution in [1.29, 1.82) is 0 Å². The van der Waals surface area contributed by atoms with Crippen LogP contribution in [0.3, 0.4) is 0 Å². The smallest absolute Gasteiger partial charge is 0.0855 e. The zero-order valence-electron chi connectivity index (χ0n) is 13.3. The number of hydrogen-bond acceptors (Lipinski definition) is 2. The molecular formula is C19H28O2. The lowest BCUT2D eigenvalue weighted by atomic mass is 9.67. The Kier molecular flexibility index (Phi) is 4.37. The van der Waals surface area contributed by atoms with Crippen LogP contribution in [0.2, 0.25) is 0 Å². The van der Waals surface area contributed by atoms with Crippen LogP contribution < -0.4 is 0 Å². The largest absolute Gasteiger partial charge is 0.389 e. The molecule has 2 heteroatoms. The number of ether oxygens (including phenoxy) is 1. The maximum absolute atomic E-state index is 11.3. The first-order valence-corrected chi connectivity index (χ1v) is 8.52. The first-order valence-electron chi connectivity index (χ1n) is 8.52. The molecule has 0 radical (unpaired) electrons. The van der Waals surface area contributed by atoms with Crippen LogP contribution in [0.25, 0.3) is 0 Å². The Bertz CT molecular complexity index is 482. The molecule has 21 heavy (non-hydrogen) atoms. The molecule has 0 bridgehead atoms. The van der Waals surface area contributed by atoms with Gasteiger partial charge in [-0.25, -0.2) is 0 Å². The van der Waals surface area contributed by atoms with Gasteiger partial charge in [0.2, 0.25) is 0 Å². The SMILES string of the molecule is CC(C)C1CCCCC1(O)CC1OCCc2ccccc21. The van der Waals surface area contributed by atoms with Crippen LogP contribution in [-0.4, -0.2) is 17.3 Å². The summed E-state index contributed by atoms with van der Waals surface area (Å²) in [5.74, 6) is 0.943. The molecule has 1 aromatic rings. The summed E-state index contributed by atoms with van der Waals surface area (Å²) in [7, 11) is 0. The van der Waals surface area contributed by atoms with Crippen LogP contribution in [-0.2, 0) is 11.2 Å². The van der Waals surface area contributed by atoms with Crippen molar-refractivity contribution in [3.05, 3.63) is 35.4 Å². The van der Waals surface area contributed by atoms with Crippen LogP contribution in [0.15, 0.2) is 24.3 Å². The highest BCUT2D eigenvalue weighted by molar-refractivity contribution is 5.31. The number of hydrogen-bond donors (Lipinski definition) is 1. The molecule has 1 heterocycles. The van der Waals surface area contributed by atoms with E-state index in [0.717, 1.165) is 38.7 Å². The molecular weight excluding hydrogens is 260 g/mol. The molecule has 1 aliphatic heterocycles. The highest BCUT2D eigenvalue weighted by Gasteiger charge is 2.43. The third-order valence-corrected chi connectivity index (χ3v) is 5.50. The zero-order chi connectivity index (χ0) is 14.9. The van der Waals surface area contributed by atoms with Crippen molar-refractivity contribution < 1.29 is 9.84 Å². The molecule has 1 saturated carbocycles. The fourth-order valence-electron chi connectivity index (χ4n) is 4.42. The van der Waals surface area contributed by atoms with Gasteiger partial charge in [-0.3, -0.25) is 0 Å². The first-order chi connectivity index (χ1) is 10.1. The summed E-state index contributed by atoms with van der Waals surface area (Å²) < 4.78 is 6.04. The van der Waals surface area contributed by atoms with E-state index in [1.54, 1.807) is 0 Å². The highest BCUT2D eigenvalue weighted by Crippen LogP contribution is 2.45. The summed E-state index contributed by atoms with van der Waals surface area (Å²) in [4.78, 5) is 0. The van der Waals surface area contributed by atoms with Crippen LogP contribution >= 0.6 is 0 Å². The fraction of sp³-hybridized carbons (Fsp3) is 0.684. The fourth-order valence-corrected chi connectivity index (χ4v) is 4.42. The van der Waals surface area contributed by atoms with Gasteiger partial charge in [-0.1, -0.05) is 51.0 Å². The predicted molar refractivity (Wildman–Crippen MR) is 85.2 cm³/mol. The van der Waals surface area contributed by atoms with E-state index < -0.39 is 5.60 Å². The lowest BCUT2D eigenvalue weighted by Crippen LogP contribution is -2.45. The Morgan fingerprint density at radius 3 is 2.90 bits per heavy atom. The quantitative estimate of drug-likeness (QED) is 0.900. The van der Waals surface area contributed by atoms with Gasteiger partial charge < -0.3 is 9.84 Å². The maximum Gasteiger partial charge on any atom is 0.0855 e. The predicted octanol–water partition coefficient (Wildman–Crippen LogP) is 4.27. The van der Waals surface area contributed by atoms with Crippen molar-refractivity contribution >= 4 is 0 Å². The van der Waals surface area contributed by atoms with E-state index in [1.807, 2.05) is 0 Å². The maximum atomic E-state index is 11.3. The molecule has 2 nitrogen and oxygen atoms in total. The van der Waals surface area contributed by atoms with Gasteiger partial charge in [0.1, 0.15) is 0 Å². The molecule has 0 saturated heterocycles. The number of aliphatic hydroxyl groups is 1. The van der Waals surface area contributed by atoms with E-state index in [2.05, 4.69) is 38.1 Å². The molecule has 0 aromatic heterocycles. The zero-order valence-corrected chi connectivity index (χ0v) is 13.3. The van der Waals surface area contributed by atoms with Crippen molar-refractivity contribution in [3.8, 4) is 0 Å². The van der Waals surface area contributed by atoms with Gasteiger partial charge in [-0.05, 0) is 42.2 Å². The summed E-state index contributed by atoms with van der Waals surface area (Å²) in [6.45, 7) is 5.28. The Morgan fingerprint density at radius 1 is 1.29 bits per heavy atom. The minimum absolute atomic E-state index is 0.0688. The van der Waals surface area contributed by atoms with E-state index in [4.69, 9.17) is 4.74 Å². The molecule has 1 N–H and O–H groups in total. The van der Waals surface area contributed by atoms with E-state index in [1.165, 1.54) is 17.5 Å². The molecule has 3 unspecified atom stereocenters. The van der Waals surface area contributed by atoms with E-state index in [0.29, 0.717) is 11.8 Å². The Hall–Kier alpha value is -0.860. The summed E-state index contributed by atoms with van der Waals surface area (Å²) in [6, 6.07) is 8.57. The molecule has 1 aromatic carbocycles. The van der Waals surface area contributed by atoms with Crippen molar-refractivity contribution in [3.63, 3.8) is 0 Å². The molecule has 2 aliphatic rings. The monoisotopic (exact) mass is 288 g/mol. The van der Waals surface area contributed by atoms with Crippen LogP contribution in [0, 0.1) is 11.8 Å². The second-order valence-electron chi connectivity index (χ2n) is 7.21. The number of benzene rings is 1. The van der Waals surface area contributed by atoms with Gasteiger partial charge in [0.25, 0.3) is 0 Å².